The largest absolute Gasteiger partial charge is 0.436 e. The molecule has 0 radical (unpaired) electrons. The van der Waals surface area contributed by atoms with Crippen molar-refractivity contribution in [2.24, 2.45) is 0 Å². The van der Waals surface area contributed by atoms with Crippen LogP contribution in [-0.2, 0) is 22.4 Å². The number of hydrogen-bond acceptors (Lipinski definition) is 8. The molecule has 0 rings (SSSR count). The number of rotatable bonds is 20. The van der Waals surface area contributed by atoms with Crippen molar-refractivity contribution >= 4 is 25.2 Å². The van der Waals surface area contributed by atoms with Crippen molar-refractivity contribution in [3.05, 3.63) is 0 Å². The van der Waals surface area contributed by atoms with Crippen LogP contribution < -0.4 is 5.32 Å². The van der Waals surface area contributed by atoms with Gasteiger partial charge in [-0.1, -0.05) is 41.5 Å². The first-order valence-corrected chi connectivity index (χ1v) is 21.8. The maximum absolute atomic E-state index is 10.2. The zero-order valence-electron chi connectivity index (χ0n) is 25.3. The zero-order valence-corrected chi connectivity index (χ0v) is 28.3. The van der Waals surface area contributed by atoms with Crippen molar-refractivity contribution in [1.82, 2.24) is 5.32 Å². The molecule has 0 aliphatic heterocycles. The van der Waals surface area contributed by atoms with Gasteiger partial charge in [-0.2, -0.15) is 0 Å². The Kier molecular flexibility index (Phi) is 16.6. The molecule has 0 spiro atoms. The average molecular weight is 570 g/mol. The van der Waals surface area contributed by atoms with Crippen LogP contribution in [0.3, 0.4) is 0 Å². The van der Waals surface area contributed by atoms with Crippen molar-refractivity contribution in [3.8, 4) is 0 Å². The van der Waals surface area contributed by atoms with Crippen molar-refractivity contribution in [2.75, 3.05) is 59.3 Å². The number of aliphatic hydroxyl groups excluding tert-OH is 2. The molecule has 0 aromatic heterocycles. The fourth-order valence-corrected chi connectivity index (χ4v) is 16.3. The molecule has 0 heterocycles. The molecular formula is C25H59NO7Si3. The molecule has 1 unspecified atom stereocenters. The summed E-state index contributed by atoms with van der Waals surface area (Å²) in [5, 5.41) is 22.3. The Morgan fingerprint density at radius 1 is 0.722 bits per heavy atom. The third-order valence-corrected chi connectivity index (χ3v) is 23.2. The van der Waals surface area contributed by atoms with Crippen LogP contribution in [0.2, 0.25) is 48.9 Å². The first-order chi connectivity index (χ1) is 16.4. The highest BCUT2D eigenvalue weighted by Gasteiger charge is 2.49. The van der Waals surface area contributed by atoms with Gasteiger partial charge in [0.2, 0.25) is 0 Å². The summed E-state index contributed by atoms with van der Waals surface area (Å²) in [5.74, 6) is 0. The van der Waals surface area contributed by atoms with Crippen LogP contribution in [0, 0.1) is 0 Å². The quantitative estimate of drug-likeness (QED) is 0.146. The minimum Gasteiger partial charge on any atom is -0.436 e. The highest BCUT2D eigenvalue weighted by molar-refractivity contribution is 6.89. The van der Waals surface area contributed by atoms with E-state index in [0.717, 1.165) is 12.5 Å². The number of hydrogen-bond donors (Lipinski definition) is 3. The van der Waals surface area contributed by atoms with E-state index < -0.39 is 31.3 Å². The molecule has 0 aliphatic carbocycles. The van der Waals surface area contributed by atoms with Crippen LogP contribution >= 0.6 is 0 Å². The van der Waals surface area contributed by atoms with Gasteiger partial charge >= 0.3 is 8.56 Å². The summed E-state index contributed by atoms with van der Waals surface area (Å²) in [4.78, 5) is 0. The van der Waals surface area contributed by atoms with Crippen LogP contribution in [0.25, 0.3) is 0 Å². The van der Waals surface area contributed by atoms with Crippen molar-refractivity contribution < 1.29 is 32.7 Å². The molecule has 0 bridgehead atoms. The fourth-order valence-electron chi connectivity index (χ4n) is 3.08. The lowest BCUT2D eigenvalue weighted by Gasteiger charge is -2.48. The number of nitrogens with one attached hydrogen (secondary N) is 1. The normalized spacial score (nSPS) is 14.9. The van der Waals surface area contributed by atoms with Gasteiger partial charge in [-0.25, -0.2) is 0 Å². The van der Waals surface area contributed by atoms with Gasteiger partial charge in [0.1, 0.15) is 0 Å². The summed E-state index contributed by atoms with van der Waals surface area (Å²) in [6.45, 7) is 29.0. The molecule has 1 atom stereocenters. The summed E-state index contributed by atoms with van der Waals surface area (Å²) in [6.07, 6.45) is 0.298. The lowest BCUT2D eigenvalue weighted by Crippen LogP contribution is -2.58. The van der Waals surface area contributed by atoms with E-state index in [1.807, 2.05) is 0 Å². The second-order valence-corrected chi connectivity index (χ2v) is 26.3. The Morgan fingerprint density at radius 3 is 1.69 bits per heavy atom. The average Bonchev–Trinajstić information content (AvgIpc) is 2.69. The second kappa shape index (κ2) is 16.4. The molecular weight excluding hydrogens is 511 g/mol. The van der Waals surface area contributed by atoms with E-state index in [9.17, 15) is 5.11 Å². The SMILES string of the molecule is CC(C)(C)[Si](C)(C)O[Si](C)(CCCOCC(O)CNCCOCCOCCO)O[Si](C)(C)C(C)(C)C. The van der Waals surface area contributed by atoms with Crippen molar-refractivity contribution in [3.63, 3.8) is 0 Å². The fraction of sp³-hybridized carbons (Fsp3) is 1.00. The molecule has 36 heavy (non-hydrogen) atoms. The number of ether oxygens (including phenoxy) is 3. The molecule has 0 saturated carbocycles. The summed E-state index contributed by atoms with van der Waals surface area (Å²) in [7, 11) is -6.38. The van der Waals surface area contributed by atoms with Gasteiger partial charge in [0.05, 0.1) is 45.7 Å². The summed E-state index contributed by atoms with van der Waals surface area (Å²) >= 11 is 0. The van der Waals surface area contributed by atoms with E-state index in [2.05, 4.69) is 79.6 Å². The third-order valence-electron chi connectivity index (χ3n) is 7.20. The third kappa shape index (κ3) is 15.1. The summed E-state index contributed by atoms with van der Waals surface area (Å²) in [6, 6.07) is 0.889. The lowest BCUT2D eigenvalue weighted by molar-refractivity contribution is 0.0275. The minimum absolute atomic E-state index is 0.0260. The standard InChI is InChI=1S/C25H59NO7Si3/c1-24(2,3)34(7,8)32-36(11,33-35(9,10)25(4,5)6)20-12-15-31-22-23(28)21-26-13-16-29-18-19-30-17-14-27/h23,26-28H,12-22H2,1-11H3. The maximum Gasteiger partial charge on any atom is 0.314 e. The van der Waals surface area contributed by atoms with Gasteiger partial charge < -0.3 is 38.0 Å². The highest BCUT2D eigenvalue weighted by Crippen LogP contribution is 2.43. The lowest BCUT2D eigenvalue weighted by atomic mass is 10.2. The van der Waals surface area contributed by atoms with Crippen LogP contribution in [-0.4, -0.2) is 101 Å². The van der Waals surface area contributed by atoms with Crippen LogP contribution in [0.5, 0.6) is 0 Å². The Labute approximate surface area is 225 Å². The van der Waals surface area contributed by atoms with Gasteiger partial charge in [0.15, 0.2) is 16.6 Å². The van der Waals surface area contributed by atoms with Crippen LogP contribution in [0.1, 0.15) is 48.0 Å². The van der Waals surface area contributed by atoms with Crippen LogP contribution in [0.15, 0.2) is 0 Å². The Bertz CT molecular complexity index is 553. The molecule has 0 amide bonds. The van der Waals surface area contributed by atoms with E-state index in [-0.39, 0.29) is 16.7 Å². The van der Waals surface area contributed by atoms with Crippen LogP contribution in [0.4, 0.5) is 0 Å². The molecule has 218 valence electrons. The molecule has 8 nitrogen and oxygen atoms in total. The van der Waals surface area contributed by atoms with E-state index in [4.69, 9.17) is 27.5 Å². The molecule has 11 heteroatoms. The molecule has 3 N–H and O–H groups in total. The molecule has 0 aromatic carbocycles. The summed E-state index contributed by atoms with van der Waals surface area (Å²) in [5.41, 5.74) is 0. The first kappa shape index (κ1) is 36.3. The van der Waals surface area contributed by atoms with Crippen molar-refractivity contribution in [2.45, 2.75) is 103 Å². The van der Waals surface area contributed by atoms with E-state index in [0.29, 0.717) is 52.7 Å². The van der Waals surface area contributed by atoms with Gasteiger partial charge in [0, 0.05) is 19.7 Å². The molecule has 0 aliphatic rings. The maximum atomic E-state index is 10.2. The zero-order chi connectivity index (χ0) is 28.1. The van der Waals surface area contributed by atoms with E-state index in [1.54, 1.807) is 0 Å². The van der Waals surface area contributed by atoms with Gasteiger partial charge in [-0.05, 0) is 55.3 Å². The predicted octanol–water partition coefficient (Wildman–Crippen LogP) is 4.48. The molecule has 0 saturated heterocycles. The summed E-state index contributed by atoms with van der Waals surface area (Å²) < 4.78 is 30.4. The molecule has 0 fully saturated rings. The second-order valence-electron chi connectivity index (χ2n) is 12.8. The Balaban J connectivity index is 4.52. The topological polar surface area (TPSA) is 98.6 Å². The Morgan fingerprint density at radius 2 is 1.22 bits per heavy atom. The van der Waals surface area contributed by atoms with E-state index >= 15 is 0 Å². The van der Waals surface area contributed by atoms with Gasteiger partial charge in [-0.15, -0.1) is 0 Å². The monoisotopic (exact) mass is 569 g/mol. The number of aliphatic hydroxyl groups is 2. The highest BCUT2D eigenvalue weighted by atomic mass is 28.5. The van der Waals surface area contributed by atoms with Crippen molar-refractivity contribution in [1.29, 1.82) is 0 Å². The first-order valence-electron chi connectivity index (χ1n) is 13.5. The smallest absolute Gasteiger partial charge is 0.314 e. The van der Waals surface area contributed by atoms with E-state index in [1.165, 1.54) is 0 Å². The minimum atomic E-state index is -2.43. The predicted molar refractivity (Wildman–Crippen MR) is 156 cm³/mol. The molecule has 0 aromatic rings. The Hall–Kier alpha value is 0.331. The van der Waals surface area contributed by atoms with Gasteiger partial charge in [-0.3, -0.25) is 0 Å². The van der Waals surface area contributed by atoms with Gasteiger partial charge in [0.25, 0.3) is 0 Å².